The summed E-state index contributed by atoms with van der Waals surface area (Å²) in [4.78, 5) is 12.8. The van der Waals surface area contributed by atoms with E-state index < -0.39 is 16.1 Å². The molecule has 0 aliphatic carbocycles. The van der Waals surface area contributed by atoms with E-state index in [9.17, 15) is 13.2 Å². The zero-order valence-electron chi connectivity index (χ0n) is 13.2. The van der Waals surface area contributed by atoms with Crippen molar-refractivity contribution in [2.45, 2.75) is 23.8 Å². The summed E-state index contributed by atoms with van der Waals surface area (Å²) < 4.78 is 27.8. The van der Waals surface area contributed by atoms with E-state index in [1.54, 1.807) is 36.4 Å². The van der Waals surface area contributed by atoms with Gasteiger partial charge in [-0.3, -0.25) is 4.79 Å². The molecule has 3 rings (SSSR count). The molecule has 1 N–H and O–H groups in total. The minimum atomic E-state index is -3.72. The molecule has 2 aromatic rings. The number of nitrogens with one attached hydrogen (secondary N) is 1. The Bertz CT molecular complexity index is 887. The maximum Gasteiger partial charge on any atom is 0.243 e. The van der Waals surface area contributed by atoms with Crippen LogP contribution in [-0.2, 0) is 14.8 Å². The Morgan fingerprint density at radius 1 is 1.20 bits per heavy atom. The van der Waals surface area contributed by atoms with Gasteiger partial charge in [0.05, 0.1) is 4.90 Å². The van der Waals surface area contributed by atoms with Gasteiger partial charge in [-0.15, -0.1) is 0 Å². The Morgan fingerprint density at radius 3 is 2.60 bits per heavy atom. The first-order valence-corrected chi connectivity index (χ1v) is 10.3. The molecule has 5 nitrogen and oxygen atoms in total. The number of anilines is 1. The molecule has 1 aliphatic rings. The smallest absolute Gasteiger partial charge is 0.243 e. The van der Waals surface area contributed by atoms with Crippen molar-refractivity contribution in [3.05, 3.63) is 58.0 Å². The first kappa shape index (κ1) is 18.4. The van der Waals surface area contributed by atoms with Gasteiger partial charge in [-0.05, 0) is 55.3 Å². The van der Waals surface area contributed by atoms with Crippen LogP contribution in [0.5, 0.6) is 0 Å². The van der Waals surface area contributed by atoms with Gasteiger partial charge in [-0.2, -0.15) is 4.31 Å². The highest BCUT2D eigenvalue weighted by Crippen LogP contribution is 2.28. The van der Waals surface area contributed by atoms with Gasteiger partial charge in [0.25, 0.3) is 0 Å². The molecule has 1 saturated heterocycles. The molecule has 0 radical (unpaired) electrons. The number of carbonyl (C=O) groups is 1. The van der Waals surface area contributed by atoms with Gasteiger partial charge in [0.1, 0.15) is 6.04 Å². The maximum atomic E-state index is 12.9. The summed E-state index contributed by atoms with van der Waals surface area (Å²) in [5, 5.41) is 3.25. The molecule has 1 heterocycles. The van der Waals surface area contributed by atoms with Crippen LogP contribution in [0.2, 0.25) is 5.02 Å². The quantitative estimate of drug-likeness (QED) is 0.779. The van der Waals surface area contributed by atoms with Crippen LogP contribution in [0.1, 0.15) is 12.8 Å². The van der Waals surface area contributed by atoms with Crippen LogP contribution in [0.3, 0.4) is 0 Å². The average Bonchev–Trinajstić information content (AvgIpc) is 3.06. The lowest BCUT2D eigenvalue weighted by atomic mass is 10.2. The molecule has 132 valence electrons. The van der Waals surface area contributed by atoms with Gasteiger partial charge in [0, 0.05) is 21.7 Å². The summed E-state index contributed by atoms with van der Waals surface area (Å²) in [7, 11) is -3.72. The van der Waals surface area contributed by atoms with Crippen molar-refractivity contribution in [3.63, 3.8) is 0 Å². The zero-order valence-corrected chi connectivity index (χ0v) is 16.3. The minimum Gasteiger partial charge on any atom is -0.325 e. The van der Waals surface area contributed by atoms with E-state index in [2.05, 4.69) is 21.2 Å². The zero-order chi connectivity index (χ0) is 18.0. The summed E-state index contributed by atoms with van der Waals surface area (Å²) >= 11 is 9.21. The van der Waals surface area contributed by atoms with Gasteiger partial charge in [-0.25, -0.2) is 8.42 Å². The molecule has 1 fully saturated rings. The van der Waals surface area contributed by atoms with Gasteiger partial charge in [-0.1, -0.05) is 33.6 Å². The number of hydrogen-bond acceptors (Lipinski definition) is 3. The van der Waals surface area contributed by atoms with E-state index >= 15 is 0 Å². The number of nitrogens with zero attached hydrogens (tertiary/aromatic N) is 1. The Morgan fingerprint density at radius 2 is 1.92 bits per heavy atom. The van der Waals surface area contributed by atoms with Crippen LogP contribution < -0.4 is 5.32 Å². The number of carbonyl (C=O) groups excluding carboxylic acids is 1. The Kier molecular flexibility index (Phi) is 5.48. The average molecular weight is 444 g/mol. The summed E-state index contributed by atoms with van der Waals surface area (Å²) in [6, 6.07) is 12.4. The van der Waals surface area contributed by atoms with Crippen LogP contribution in [0, 0.1) is 0 Å². The van der Waals surface area contributed by atoms with E-state index in [1.165, 1.54) is 16.4 Å². The van der Waals surface area contributed by atoms with E-state index in [0.29, 0.717) is 30.1 Å². The summed E-state index contributed by atoms with van der Waals surface area (Å²) in [6.07, 6.45) is 1.13. The van der Waals surface area contributed by atoms with E-state index in [0.717, 1.165) is 4.47 Å². The number of halogens is 2. The molecule has 0 bridgehead atoms. The molecule has 1 aliphatic heterocycles. The number of amides is 1. The molecule has 0 unspecified atom stereocenters. The van der Waals surface area contributed by atoms with Crippen molar-refractivity contribution in [1.29, 1.82) is 0 Å². The summed E-state index contributed by atoms with van der Waals surface area (Å²) in [5.41, 5.74) is 0.547. The molecular formula is C17H16BrClN2O3S. The lowest BCUT2D eigenvalue weighted by molar-refractivity contribution is -0.119. The van der Waals surface area contributed by atoms with Crippen molar-refractivity contribution in [2.75, 3.05) is 11.9 Å². The highest BCUT2D eigenvalue weighted by atomic mass is 79.9. The van der Waals surface area contributed by atoms with E-state index in [4.69, 9.17) is 11.6 Å². The van der Waals surface area contributed by atoms with Crippen molar-refractivity contribution in [1.82, 2.24) is 4.31 Å². The fourth-order valence-corrected chi connectivity index (χ4v) is 4.93. The van der Waals surface area contributed by atoms with E-state index in [-0.39, 0.29) is 10.8 Å². The first-order chi connectivity index (χ1) is 11.9. The lowest BCUT2D eigenvalue weighted by Gasteiger charge is -2.23. The van der Waals surface area contributed by atoms with Gasteiger partial charge < -0.3 is 5.32 Å². The number of sulfonamides is 1. The second-order valence-electron chi connectivity index (χ2n) is 5.73. The molecule has 0 aromatic heterocycles. The maximum absolute atomic E-state index is 12.9. The first-order valence-electron chi connectivity index (χ1n) is 7.72. The van der Waals surface area contributed by atoms with Crippen LogP contribution in [0.15, 0.2) is 57.9 Å². The Balaban J connectivity index is 1.82. The minimum absolute atomic E-state index is 0.179. The molecule has 0 spiro atoms. The molecule has 1 amide bonds. The summed E-state index contributed by atoms with van der Waals surface area (Å²) in [5.74, 6) is -0.347. The topological polar surface area (TPSA) is 66.5 Å². The Labute approximate surface area is 160 Å². The molecule has 8 heteroatoms. The number of rotatable bonds is 4. The Hall–Kier alpha value is -1.41. The predicted octanol–water partition coefficient (Wildman–Crippen LogP) is 3.89. The number of benzene rings is 2. The second kappa shape index (κ2) is 7.45. The van der Waals surface area contributed by atoms with Gasteiger partial charge in [0.2, 0.25) is 15.9 Å². The molecule has 2 aromatic carbocycles. The fourth-order valence-electron chi connectivity index (χ4n) is 2.82. The molecule has 25 heavy (non-hydrogen) atoms. The van der Waals surface area contributed by atoms with Crippen LogP contribution >= 0.6 is 27.5 Å². The van der Waals surface area contributed by atoms with Crippen LogP contribution in [0.4, 0.5) is 5.69 Å². The van der Waals surface area contributed by atoms with Crippen LogP contribution in [0.25, 0.3) is 0 Å². The summed E-state index contributed by atoms with van der Waals surface area (Å²) in [6.45, 7) is 0.325. The third kappa shape index (κ3) is 4.06. The van der Waals surface area contributed by atoms with Crippen LogP contribution in [-0.4, -0.2) is 31.2 Å². The standard InChI is InChI=1S/C17H16BrClN2O3S/c18-12-6-8-15(9-7-12)25(23,24)21-10-2-5-16(21)17(22)20-14-4-1-3-13(19)11-14/h1,3-4,6-9,11,16H,2,5,10H2,(H,20,22)/t16-/m0/s1. The number of hydrogen-bond donors (Lipinski definition) is 1. The molecule has 1 atom stereocenters. The third-order valence-electron chi connectivity index (χ3n) is 4.02. The van der Waals surface area contributed by atoms with Gasteiger partial charge in [0.15, 0.2) is 0 Å². The largest absolute Gasteiger partial charge is 0.325 e. The third-order valence-corrected chi connectivity index (χ3v) is 6.70. The molecule has 0 saturated carbocycles. The second-order valence-corrected chi connectivity index (χ2v) is 8.97. The fraction of sp³-hybridized carbons (Fsp3) is 0.235. The lowest BCUT2D eigenvalue weighted by Crippen LogP contribution is -2.43. The normalized spacial score (nSPS) is 18.2. The SMILES string of the molecule is O=C(Nc1cccc(Cl)c1)[C@@H]1CCCN1S(=O)(=O)c1ccc(Br)cc1. The monoisotopic (exact) mass is 442 g/mol. The predicted molar refractivity (Wildman–Crippen MR) is 101 cm³/mol. The molecular weight excluding hydrogens is 428 g/mol. The highest BCUT2D eigenvalue weighted by Gasteiger charge is 2.39. The van der Waals surface area contributed by atoms with Gasteiger partial charge >= 0.3 is 0 Å². The van der Waals surface area contributed by atoms with Crippen molar-refractivity contribution >= 4 is 49.1 Å². The van der Waals surface area contributed by atoms with Crippen molar-refractivity contribution < 1.29 is 13.2 Å². The highest BCUT2D eigenvalue weighted by molar-refractivity contribution is 9.10. The van der Waals surface area contributed by atoms with E-state index in [1.807, 2.05) is 0 Å². The van der Waals surface area contributed by atoms with Crippen molar-refractivity contribution in [2.24, 2.45) is 0 Å². The van der Waals surface area contributed by atoms with Crippen molar-refractivity contribution in [3.8, 4) is 0 Å².